The van der Waals surface area contributed by atoms with Gasteiger partial charge in [0.05, 0.1) is 23.0 Å². The molecule has 9 nitrogen and oxygen atoms in total. The number of nitrogen functional groups attached to an aromatic ring is 1. The van der Waals surface area contributed by atoms with Crippen LogP contribution in [0.4, 0.5) is 17.3 Å². The molecule has 110 valence electrons. The van der Waals surface area contributed by atoms with Crippen molar-refractivity contribution in [3.63, 3.8) is 0 Å². The Labute approximate surface area is 127 Å². The number of sulfonamides is 1. The van der Waals surface area contributed by atoms with Gasteiger partial charge in [0.1, 0.15) is 4.90 Å². The van der Waals surface area contributed by atoms with Crippen LogP contribution in [-0.4, -0.2) is 23.3 Å². The number of nitrogens with one attached hydrogen (secondary N) is 1. The van der Waals surface area contributed by atoms with E-state index in [-0.39, 0.29) is 26.7 Å². The summed E-state index contributed by atoms with van der Waals surface area (Å²) in [5.41, 5.74) is 5.27. The number of nitrogens with zero attached hydrogens (tertiary/aromatic N) is 3. The van der Waals surface area contributed by atoms with Crippen LogP contribution in [0.3, 0.4) is 0 Å². The number of nitro groups is 1. The number of anilines is 2. The summed E-state index contributed by atoms with van der Waals surface area (Å²) in [5.74, 6) is -0.0505. The fourth-order valence-electron chi connectivity index (χ4n) is 1.37. The summed E-state index contributed by atoms with van der Waals surface area (Å²) < 4.78 is 26.7. The third kappa shape index (κ3) is 3.44. The Morgan fingerprint density at radius 3 is 2.43 bits per heavy atom. The molecule has 1 heterocycles. The van der Waals surface area contributed by atoms with E-state index in [0.717, 1.165) is 12.4 Å². The number of nitrogens with two attached hydrogens (primary N) is 1. The number of non-ortho nitro benzene ring substituents is 1. The van der Waals surface area contributed by atoms with Gasteiger partial charge in [-0.25, -0.2) is 18.4 Å². The lowest BCUT2D eigenvalue weighted by molar-refractivity contribution is -0.384. The van der Waals surface area contributed by atoms with Crippen LogP contribution in [0.5, 0.6) is 0 Å². The molecular weight excluding hydrogens is 366 g/mol. The molecule has 2 rings (SSSR count). The summed E-state index contributed by atoms with van der Waals surface area (Å²) in [6.45, 7) is 0. The van der Waals surface area contributed by atoms with E-state index in [1.807, 2.05) is 0 Å². The maximum atomic E-state index is 12.1. The first kappa shape index (κ1) is 15.1. The van der Waals surface area contributed by atoms with Gasteiger partial charge in [-0.05, 0) is 22.0 Å². The summed E-state index contributed by atoms with van der Waals surface area (Å²) in [6.07, 6.45) is 2.12. The van der Waals surface area contributed by atoms with E-state index in [0.29, 0.717) is 0 Å². The maximum Gasteiger partial charge on any atom is 0.270 e. The maximum absolute atomic E-state index is 12.1. The van der Waals surface area contributed by atoms with E-state index < -0.39 is 14.9 Å². The molecule has 0 saturated carbocycles. The van der Waals surface area contributed by atoms with E-state index in [4.69, 9.17) is 5.73 Å². The van der Waals surface area contributed by atoms with Gasteiger partial charge in [0.2, 0.25) is 5.95 Å². The van der Waals surface area contributed by atoms with E-state index in [2.05, 4.69) is 30.6 Å². The Kier molecular flexibility index (Phi) is 4.04. The minimum atomic E-state index is -3.92. The molecule has 21 heavy (non-hydrogen) atoms. The van der Waals surface area contributed by atoms with Gasteiger partial charge in [-0.3, -0.25) is 14.8 Å². The molecule has 0 aliphatic rings. The third-order valence-corrected chi connectivity index (χ3v) is 4.34. The zero-order valence-corrected chi connectivity index (χ0v) is 12.6. The van der Waals surface area contributed by atoms with Crippen molar-refractivity contribution in [2.45, 2.75) is 4.90 Å². The number of benzene rings is 1. The molecule has 0 aliphatic heterocycles. The Hall–Kier alpha value is -2.27. The van der Waals surface area contributed by atoms with Crippen LogP contribution in [-0.2, 0) is 10.0 Å². The molecule has 0 fully saturated rings. The highest BCUT2D eigenvalue weighted by Crippen LogP contribution is 2.28. The van der Waals surface area contributed by atoms with Gasteiger partial charge >= 0.3 is 0 Å². The number of rotatable bonds is 4. The quantitative estimate of drug-likeness (QED) is 0.611. The standard InChI is InChI=1S/C10H8BrN5O4S/c11-8-3-6(16(17)18)1-2-9(8)15-21(19,20)7-4-13-10(12)14-5-7/h1-5,15H,(H2,12,13,14). The molecular formula is C10H8BrN5O4S. The van der Waals surface area contributed by atoms with E-state index in [1.165, 1.54) is 18.2 Å². The minimum absolute atomic E-state index is 0.0505. The summed E-state index contributed by atoms with van der Waals surface area (Å²) in [4.78, 5) is 17.0. The zero-order chi connectivity index (χ0) is 15.6. The first-order valence-corrected chi connectivity index (χ1v) is 7.61. The molecule has 3 N–H and O–H groups in total. The second kappa shape index (κ2) is 5.61. The van der Waals surface area contributed by atoms with Crippen molar-refractivity contribution in [1.82, 2.24) is 9.97 Å². The molecule has 0 bridgehead atoms. The molecule has 1 aromatic carbocycles. The second-order valence-corrected chi connectivity index (χ2v) is 6.34. The highest BCUT2D eigenvalue weighted by molar-refractivity contribution is 9.10. The lowest BCUT2D eigenvalue weighted by Gasteiger charge is -2.09. The van der Waals surface area contributed by atoms with Crippen molar-refractivity contribution in [2.24, 2.45) is 0 Å². The lowest BCUT2D eigenvalue weighted by atomic mass is 10.3. The van der Waals surface area contributed by atoms with Crippen LogP contribution in [0.1, 0.15) is 0 Å². The number of nitro benzene ring substituents is 1. The average Bonchev–Trinajstić information content (AvgIpc) is 2.41. The van der Waals surface area contributed by atoms with Gasteiger partial charge in [0.15, 0.2) is 0 Å². The fraction of sp³-hybridized carbons (Fsp3) is 0. The molecule has 0 radical (unpaired) electrons. The van der Waals surface area contributed by atoms with Gasteiger partial charge in [-0.2, -0.15) is 0 Å². The molecule has 0 unspecified atom stereocenters. The number of aromatic nitrogens is 2. The average molecular weight is 374 g/mol. The van der Waals surface area contributed by atoms with Gasteiger partial charge in [0, 0.05) is 16.6 Å². The van der Waals surface area contributed by atoms with Gasteiger partial charge in [-0.1, -0.05) is 0 Å². The molecule has 0 saturated heterocycles. The fourth-order valence-corrected chi connectivity index (χ4v) is 2.93. The zero-order valence-electron chi connectivity index (χ0n) is 10.2. The second-order valence-electron chi connectivity index (χ2n) is 3.80. The van der Waals surface area contributed by atoms with Crippen molar-refractivity contribution in [3.05, 3.63) is 45.2 Å². The number of hydrogen-bond acceptors (Lipinski definition) is 7. The van der Waals surface area contributed by atoms with Gasteiger partial charge in [-0.15, -0.1) is 0 Å². The van der Waals surface area contributed by atoms with Crippen molar-refractivity contribution in [3.8, 4) is 0 Å². The van der Waals surface area contributed by atoms with Crippen molar-refractivity contribution < 1.29 is 13.3 Å². The monoisotopic (exact) mass is 373 g/mol. The molecule has 0 amide bonds. The molecule has 0 spiro atoms. The Balaban J connectivity index is 2.32. The molecule has 0 aliphatic carbocycles. The smallest absolute Gasteiger partial charge is 0.270 e. The predicted molar refractivity (Wildman–Crippen MR) is 78.0 cm³/mol. The van der Waals surface area contributed by atoms with Crippen molar-refractivity contribution in [2.75, 3.05) is 10.5 Å². The Bertz CT molecular complexity index is 794. The largest absolute Gasteiger partial charge is 0.368 e. The molecule has 0 atom stereocenters. The first-order chi connectivity index (χ1) is 9.79. The molecule has 11 heteroatoms. The highest BCUT2D eigenvalue weighted by atomic mass is 79.9. The van der Waals surface area contributed by atoms with Crippen molar-refractivity contribution in [1.29, 1.82) is 0 Å². The number of halogens is 1. The van der Waals surface area contributed by atoms with Crippen LogP contribution < -0.4 is 10.5 Å². The predicted octanol–water partition coefficient (Wildman–Crippen LogP) is 1.53. The summed E-state index contributed by atoms with van der Waals surface area (Å²) in [7, 11) is -3.92. The van der Waals surface area contributed by atoms with Crippen molar-refractivity contribution >= 4 is 43.3 Å². The summed E-state index contributed by atoms with van der Waals surface area (Å²) in [5, 5.41) is 10.6. The third-order valence-electron chi connectivity index (χ3n) is 2.37. The first-order valence-electron chi connectivity index (χ1n) is 5.34. The summed E-state index contributed by atoms with van der Waals surface area (Å²) in [6, 6.07) is 3.65. The van der Waals surface area contributed by atoms with E-state index in [1.54, 1.807) is 0 Å². The van der Waals surface area contributed by atoms with Gasteiger partial charge in [0.25, 0.3) is 15.7 Å². The lowest BCUT2D eigenvalue weighted by Crippen LogP contribution is -2.14. The topological polar surface area (TPSA) is 141 Å². The van der Waals surface area contributed by atoms with Crippen LogP contribution in [0.15, 0.2) is 40.0 Å². The Morgan fingerprint density at radius 1 is 1.29 bits per heavy atom. The highest BCUT2D eigenvalue weighted by Gasteiger charge is 2.18. The summed E-state index contributed by atoms with van der Waals surface area (Å²) >= 11 is 3.07. The molecule has 1 aromatic heterocycles. The van der Waals surface area contributed by atoms with Crippen LogP contribution in [0, 0.1) is 10.1 Å². The SMILES string of the molecule is Nc1ncc(S(=O)(=O)Nc2ccc([N+](=O)[O-])cc2Br)cn1. The Morgan fingerprint density at radius 2 is 1.90 bits per heavy atom. The normalized spacial score (nSPS) is 11.1. The van der Waals surface area contributed by atoms with E-state index >= 15 is 0 Å². The van der Waals surface area contributed by atoms with E-state index in [9.17, 15) is 18.5 Å². The number of hydrogen-bond donors (Lipinski definition) is 2. The minimum Gasteiger partial charge on any atom is -0.368 e. The van der Waals surface area contributed by atoms with Crippen LogP contribution >= 0.6 is 15.9 Å². The van der Waals surface area contributed by atoms with Crippen LogP contribution in [0.25, 0.3) is 0 Å². The molecule has 2 aromatic rings. The van der Waals surface area contributed by atoms with Crippen LogP contribution in [0.2, 0.25) is 0 Å². The van der Waals surface area contributed by atoms with Gasteiger partial charge < -0.3 is 5.73 Å².